The summed E-state index contributed by atoms with van der Waals surface area (Å²) in [5.41, 5.74) is 5.62. The number of para-hydroxylation sites is 1. The van der Waals surface area contributed by atoms with Crippen LogP contribution in [0.25, 0.3) is 39.0 Å². The molecule has 3 heteroatoms. The molecule has 5 rings (SSSR count). The van der Waals surface area contributed by atoms with Crippen molar-refractivity contribution in [3.8, 4) is 17.2 Å². The molecule has 0 aliphatic carbocycles. The van der Waals surface area contributed by atoms with E-state index in [-0.39, 0.29) is 0 Å². The highest BCUT2D eigenvalue weighted by Gasteiger charge is 2.13. The SMILES string of the molecule is Cc1ccc(-c2nc(-n3ccc4cc(C)ccc43)c3ccccc3n2)cc1. The van der Waals surface area contributed by atoms with E-state index >= 15 is 0 Å². The minimum atomic E-state index is 0.748. The molecule has 0 saturated heterocycles. The molecular weight excluding hydrogens is 330 g/mol. The molecule has 3 aromatic carbocycles. The summed E-state index contributed by atoms with van der Waals surface area (Å²) in [6.07, 6.45) is 2.10. The Hall–Kier alpha value is -3.46. The first kappa shape index (κ1) is 15.8. The van der Waals surface area contributed by atoms with Crippen LogP contribution in [0.3, 0.4) is 0 Å². The Morgan fingerprint density at radius 1 is 0.741 bits per heavy atom. The van der Waals surface area contributed by atoms with Gasteiger partial charge in [0.2, 0.25) is 0 Å². The number of hydrogen-bond acceptors (Lipinski definition) is 2. The molecule has 0 aliphatic rings. The quantitative estimate of drug-likeness (QED) is 0.400. The van der Waals surface area contributed by atoms with Crippen LogP contribution in [0.4, 0.5) is 0 Å². The van der Waals surface area contributed by atoms with Crippen molar-refractivity contribution in [2.45, 2.75) is 13.8 Å². The largest absolute Gasteiger partial charge is 0.301 e. The fourth-order valence-electron chi connectivity index (χ4n) is 3.52. The molecule has 0 radical (unpaired) electrons. The second-order valence-electron chi connectivity index (χ2n) is 7.00. The van der Waals surface area contributed by atoms with Crippen molar-refractivity contribution in [3.63, 3.8) is 0 Å². The van der Waals surface area contributed by atoms with Crippen LogP contribution in [0.15, 0.2) is 79.0 Å². The van der Waals surface area contributed by atoms with Gasteiger partial charge in [0, 0.05) is 22.5 Å². The molecule has 0 aliphatic heterocycles. The Labute approximate surface area is 157 Å². The van der Waals surface area contributed by atoms with Gasteiger partial charge in [-0.25, -0.2) is 9.97 Å². The normalized spacial score (nSPS) is 11.3. The van der Waals surface area contributed by atoms with Crippen molar-refractivity contribution in [1.29, 1.82) is 0 Å². The Kier molecular flexibility index (Phi) is 3.54. The Bertz CT molecular complexity index is 1280. The van der Waals surface area contributed by atoms with Gasteiger partial charge in [-0.05, 0) is 44.2 Å². The monoisotopic (exact) mass is 349 g/mol. The second kappa shape index (κ2) is 6.06. The summed E-state index contributed by atoms with van der Waals surface area (Å²) < 4.78 is 2.16. The third kappa shape index (κ3) is 2.68. The molecule has 3 nitrogen and oxygen atoms in total. The Balaban J connectivity index is 1.81. The predicted molar refractivity (Wildman–Crippen MR) is 111 cm³/mol. The van der Waals surface area contributed by atoms with Gasteiger partial charge in [0.1, 0.15) is 5.82 Å². The van der Waals surface area contributed by atoms with Gasteiger partial charge in [0.05, 0.1) is 11.0 Å². The Morgan fingerprint density at radius 3 is 2.37 bits per heavy atom. The number of hydrogen-bond donors (Lipinski definition) is 0. The number of aryl methyl sites for hydroxylation is 2. The second-order valence-corrected chi connectivity index (χ2v) is 7.00. The summed E-state index contributed by atoms with van der Waals surface area (Å²) in [7, 11) is 0. The van der Waals surface area contributed by atoms with Gasteiger partial charge < -0.3 is 4.57 Å². The van der Waals surface area contributed by atoms with Crippen molar-refractivity contribution in [2.75, 3.05) is 0 Å². The van der Waals surface area contributed by atoms with Gasteiger partial charge in [0.15, 0.2) is 5.82 Å². The molecule has 27 heavy (non-hydrogen) atoms. The van der Waals surface area contributed by atoms with Crippen molar-refractivity contribution >= 4 is 21.8 Å². The van der Waals surface area contributed by atoms with Crippen molar-refractivity contribution < 1.29 is 0 Å². The highest BCUT2D eigenvalue weighted by atomic mass is 15.1. The summed E-state index contributed by atoms with van der Waals surface area (Å²) in [5.74, 6) is 1.66. The average Bonchev–Trinajstić information content (AvgIpc) is 3.10. The minimum absolute atomic E-state index is 0.748. The fourth-order valence-corrected chi connectivity index (χ4v) is 3.52. The maximum Gasteiger partial charge on any atom is 0.162 e. The van der Waals surface area contributed by atoms with E-state index in [0.29, 0.717) is 0 Å². The molecule has 0 N–H and O–H groups in total. The molecule has 0 unspecified atom stereocenters. The zero-order valence-electron chi connectivity index (χ0n) is 15.3. The lowest BCUT2D eigenvalue weighted by atomic mass is 10.1. The maximum absolute atomic E-state index is 4.97. The number of benzene rings is 3. The predicted octanol–water partition coefficient (Wildman–Crippen LogP) is 5.86. The van der Waals surface area contributed by atoms with Crippen LogP contribution in [0.5, 0.6) is 0 Å². The smallest absolute Gasteiger partial charge is 0.162 e. The topological polar surface area (TPSA) is 30.7 Å². The first-order chi connectivity index (χ1) is 13.2. The van der Waals surface area contributed by atoms with Crippen LogP contribution in [-0.2, 0) is 0 Å². The molecule has 2 heterocycles. The van der Waals surface area contributed by atoms with Crippen LogP contribution in [0, 0.1) is 13.8 Å². The molecule has 0 spiro atoms. The van der Waals surface area contributed by atoms with E-state index in [2.05, 4.69) is 79.2 Å². The molecule has 0 atom stereocenters. The lowest BCUT2D eigenvalue weighted by molar-refractivity contribution is 1.04. The first-order valence-corrected chi connectivity index (χ1v) is 9.11. The van der Waals surface area contributed by atoms with Crippen LogP contribution in [-0.4, -0.2) is 14.5 Å². The number of nitrogens with zero attached hydrogens (tertiary/aromatic N) is 3. The molecular formula is C24H19N3. The van der Waals surface area contributed by atoms with Gasteiger partial charge in [-0.1, -0.05) is 53.6 Å². The molecule has 0 bridgehead atoms. The summed E-state index contributed by atoms with van der Waals surface area (Å²) in [5, 5.41) is 2.26. The lowest BCUT2D eigenvalue weighted by Crippen LogP contribution is -2.01. The van der Waals surface area contributed by atoms with Crippen LogP contribution in [0.1, 0.15) is 11.1 Å². The van der Waals surface area contributed by atoms with Gasteiger partial charge in [0.25, 0.3) is 0 Å². The number of rotatable bonds is 2. The van der Waals surface area contributed by atoms with E-state index in [1.807, 2.05) is 18.2 Å². The van der Waals surface area contributed by atoms with E-state index in [1.165, 1.54) is 16.5 Å². The maximum atomic E-state index is 4.97. The molecule has 0 amide bonds. The average molecular weight is 349 g/mol. The summed E-state index contributed by atoms with van der Waals surface area (Å²) in [6.45, 7) is 4.21. The molecule has 5 aromatic rings. The minimum Gasteiger partial charge on any atom is -0.301 e. The van der Waals surface area contributed by atoms with Crippen molar-refractivity contribution in [2.24, 2.45) is 0 Å². The first-order valence-electron chi connectivity index (χ1n) is 9.11. The molecule has 130 valence electrons. The van der Waals surface area contributed by atoms with Crippen molar-refractivity contribution in [3.05, 3.63) is 90.1 Å². The number of fused-ring (bicyclic) bond motifs is 2. The van der Waals surface area contributed by atoms with Crippen LogP contribution >= 0.6 is 0 Å². The zero-order chi connectivity index (χ0) is 18.4. The highest BCUT2D eigenvalue weighted by molar-refractivity contribution is 5.90. The van der Waals surface area contributed by atoms with Gasteiger partial charge in [-0.15, -0.1) is 0 Å². The fraction of sp³-hybridized carbons (Fsp3) is 0.0833. The van der Waals surface area contributed by atoms with Crippen LogP contribution < -0.4 is 0 Å². The summed E-state index contributed by atoms with van der Waals surface area (Å²) in [6, 6.07) is 25.2. The van der Waals surface area contributed by atoms with E-state index < -0.39 is 0 Å². The highest BCUT2D eigenvalue weighted by Crippen LogP contribution is 2.28. The third-order valence-electron chi connectivity index (χ3n) is 4.97. The molecule has 0 fully saturated rings. The van der Waals surface area contributed by atoms with Gasteiger partial charge in [-0.3, -0.25) is 0 Å². The van der Waals surface area contributed by atoms with E-state index in [4.69, 9.17) is 9.97 Å². The molecule has 2 aromatic heterocycles. The van der Waals surface area contributed by atoms with Gasteiger partial charge >= 0.3 is 0 Å². The summed E-state index contributed by atoms with van der Waals surface area (Å²) >= 11 is 0. The zero-order valence-corrected chi connectivity index (χ0v) is 15.3. The lowest BCUT2D eigenvalue weighted by Gasteiger charge is -2.11. The summed E-state index contributed by atoms with van der Waals surface area (Å²) in [4.78, 5) is 9.78. The standard InChI is InChI=1S/C24H19N3/c1-16-7-10-18(11-8-16)23-25-21-6-4-3-5-20(21)24(26-23)27-14-13-19-15-17(2)9-12-22(19)27/h3-15H,1-2H3. The van der Waals surface area contributed by atoms with Crippen LogP contribution in [0.2, 0.25) is 0 Å². The van der Waals surface area contributed by atoms with E-state index in [0.717, 1.165) is 33.6 Å². The van der Waals surface area contributed by atoms with Crippen molar-refractivity contribution in [1.82, 2.24) is 14.5 Å². The van der Waals surface area contributed by atoms with Gasteiger partial charge in [-0.2, -0.15) is 0 Å². The Morgan fingerprint density at radius 2 is 1.52 bits per heavy atom. The van der Waals surface area contributed by atoms with E-state index in [9.17, 15) is 0 Å². The number of aromatic nitrogens is 3. The van der Waals surface area contributed by atoms with E-state index in [1.54, 1.807) is 0 Å². The molecule has 0 saturated carbocycles. The third-order valence-corrected chi connectivity index (χ3v) is 4.97.